The van der Waals surface area contributed by atoms with E-state index in [2.05, 4.69) is 54.2 Å². The Morgan fingerprint density at radius 2 is 1.37 bits per heavy atom. The minimum atomic E-state index is -0.0746. The molecule has 1 saturated carbocycles. The second-order valence-electron chi connectivity index (χ2n) is 10.9. The summed E-state index contributed by atoms with van der Waals surface area (Å²) in [4.78, 5) is 9.31. The maximum absolute atomic E-state index is 9.87. The first kappa shape index (κ1) is 27.4. The van der Waals surface area contributed by atoms with Crippen LogP contribution in [-0.2, 0) is 6.42 Å². The molecule has 1 aromatic heterocycles. The van der Waals surface area contributed by atoms with E-state index in [4.69, 9.17) is 0 Å². The number of nitriles is 1. The highest BCUT2D eigenvalue weighted by atomic mass is 14.9. The topological polar surface area (TPSA) is 49.6 Å². The van der Waals surface area contributed by atoms with Gasteiger partial charge in [0.1, 0.15) is 0 Å². The van der Waals surface area contributed by atoms with Gasteiger partial charge >= 0.3 is 0 Å². The lowest BCUT2D eigenvalue weighted by molar-refractivity contribution is 0.223. The molecular weight excluding hydrogens is 426 g/mol. The third kappa shape index (κ3) is 8.75. The van der Waals surface area contributed by atoms with Crippen LogP contribution in [0.3, 0.4) is 0 Å². The minimum Gasteiger partial charge on any atom is -0.236 e. The molecule has 1 fully saturated rings. The van der Waals surface area contributed by atoms with E-state index in [0.29, 0.717) is 5.92 Å². The van der Waals surface area contributed by atoms with Gasteiger partial charge in [0.25, 0.3) is 0 Å². The highest BCUT2D eigenvalue weighted by Gasteiger charge is 2.35. The van der Waals surface area contributed by atoms with Gasteiger partial charge in [0.15, 0.2) is 5.82 Å². The standard InChI is InChI=1S/C32H47N3/c1-3-5-7-9-10-11-12-14-27-24-34-31(35-25-27)30-17-15-28(16-18-30)29-19-22-32(26-33,23-20-29)21-13-8-6-4-2/h15-18,24-25,29H,3-14,19-23H2,1-2H3. The molecule has 0 N–H and O–H groups in total. The number of hydrogen-bond donors (Lipinski definition) is 0. The molecule has 3 nitrogen and oxygen atoms in total. The van der Waals surface area contributed by atoms with Crippen molar-refractivity contribution in [3.8, 4) is 17.5 Å². The van der Waals surface area contributed by atoms with E-state index in [1.54, 1.807) is 0 Å². The van der Waals surface area contributed by atoms with Gasteiger partial charge in [-0.1, -0.05) is 102 Å². The fourth-order valence-corrected chi connectivity index (χ4v) is 5.64. The zero-order valence-electron chi connectivity index (χ0n) is 22.4. The van der Waals surface area contributed by atoms with Gasteiger partial charge in [0, 0.05) is 18.0 Å². The summed E-state index contributed by atoms with van der Waals surface area (Å²) in [6, 6.07) is 11.6. The second-order valence-corrected chi connectivity index (χ2v) is 10.9. The highest BCUT2D eigenvalue weighted by Crippen LogP contribution is 2.45. The van der Waals surface area contributed by atoms with Crippen molar-refractivity contribution in [3.63, 3.8) is 0 Å². The Morgan fingerprint density at radius 3 is 1.97 bits per heavy atom. The zero-order chi connectivity index (χ0) is 24.8. The number of nitrogens with zero attached hydrogens (tertiary/aromatic N) is 3. The lowest BCUT2D eigenvalue weighted by Crippen LogP contribution is -2.25. The first-order valence-electron chi connectivity index (χ1n) is 14.5. The molecule has 1 aliphatic carbocycles. The van der Waals surface area contributed by atoms with Crippen LogP contribution in [0.15, 0.2) is 36.7 Å². The summed E-state index contributed by atoms with van der Waals surface area (Å²) in [5.41, 5.74) is 3.67. The molecule has 1 aromatic carbocycles. The molecule has 3 rings (SSSR count). The van der Waals surface area contributed by atoms with Gasteiger partial charge in [0.2, 0.25) is 0 Å². The van der Waals surface area contributed by atoms with Crippen LogP contribution in [0, 0.1) is 16.7 Å². The van der Waals surface area contributed by atoms with E-state index in [9.17, 15) is 5.26 Å². The van der Waals surface area contributed by atoms with Gasteiger partial charge in [-0.3, -0.25) is 0 Å². The van der Waals surface area contributed by atoms with Crippen LogP contribution in [0.4, 0.5) is 0 Å². The Hall–Kier alpha value is -2.21. The van der Waals surface area contributed by atoms with Gasteiger partial charge < -0.3 is 0 Å². The van der Waals surface area contributed by atoms with Crippen LogP contribution < -0.4 is 0 Å². The maximum Gasteiger partial charge on any atom is 0.159 e. The number of benzene rings is 1. The first-order valence-corrected chi connectivity index (χ1v) is 14.5. The Balaban J connectivity index is 1.45. The molecular formula is C32H47N3. The number of unbranched alkanes of at least 4 members (excludes halogenated alkanes) is 9. The Bertz CT molecular complexity index is 871. The smallest absolute Gasteiger partial charge is 0.159 e. The number of rotatable bonds is 15. The monoisotopic (exact) mass is 473 g/mol. The Kier molecular flexibility index (Phi) is 11.8. The van der Waals surface area contributed by atoms with Crippen LogP contribution in [0.1, 0.15) is 134 Å². The highest BCUT2D eigenvalue weighted by molar-refractivity contribution is 5.55. The van der Waals surface area contributed by atoms with Gasteiger partial charge in [-0.25, -0.2) is 9.97 Å². The molecule has 0 bridgehead atoms. The van der Waals surface area contributed by atoms with Crippen molar-refractivity contribution in [2.75, 3.05) is 0 Å². The molecule has 0 amide bonds. The maximum atomic E-state index is 9.87. The summed E-state index contributed by atoms with van der Waals surface area (Å²) in [6.45, 7) is 4.51. The molecule has 2 aromatic rings. The Labute approximate surface area is 214 Å². The van der Waals surface area contributed by atoms with Crippen LogP contribution >= 0.6 is 0 Å². The van der Waals surface area contributed by atoms with E-state index in [1.165, 1.54) is 81.8 Å². The van der Waals surface area contributed by atoms with E-state index in [1.807, 2.05) is 12.4 Å². The predicted octanol–water partition coefficient (Wildman–Crippen LogP) is 9.57. The number of hydrogen-bond acceptors (Lipinski definition) is 3. The molecule has 0 saturated heterocycles. The fourth-order valence-electron chi connectivity index (χ4n) is 5.64. The molecule has 0 atom stereocenters. The molecule has 1 heterocycles. The van der Waals surface area contributed by atoms with Crippen molar-refractivity contribution < 1.29 is 0 Å². The molecule has 0 aliphatic heterocycles. The first-order chi connectivity index (χ1) is 17.2. The quantitative estimate of drug-likeness (QED) is 0.242. The Morgan fingerprint density at radius 1 is 0.800 bits per heavy atom. The van der Waals surface area contributed by atoms with Gasteiger partial charge in [-0.05, 0) is 62.0 Å². The third-order valence-electron chi connectivity index (χ3n) is 8.10. The van der Waals surface area contributed by atoms with Gasteiger partial charge in [-0.15, -0.1) is 0 Å². The summed E-state index contributed by atoms with van der Waals surface area (Å²) in [7, 11) is 0. The van der Waals surface area contributed by atoms with Crippen LogP contribution in [0.25, 0.3) is 11.4 Å². The third-order valence-corrected chi connectivity index (χ3v) is 8.10. The van der Waals surface area contributed by atoms with E-state index in [0.717, 1.165) is 49.9 Å². The summed E-state index contributed by atoms with van der Waals surface area (Å²) >= 11 is 0. The van der Waals surface area contributed by atoms with Crippen LogP contribution in [0.2, 0.25) is 0 Å². The number of aromatic nitrogens is 2. The lowest BCUT2D eigenvalue weighted by atomic mass is 9.67. The average molecular weight is 474 g/mol. The summed E-state index contributed by atoms with van der Waals surface area (Å²) < 4.78 is 0. The van der Waals surface area contributed by atoms with Crippen molar-refractivity contribution in [1.82, 2.24) is 9.97 Å². The SMILES string of the molecule is CCCCCCCCCc1cnc(-c2ccc(C3CCC(C#N)(CCCCCC)CC3)cc2)nc1. The molecule has 0 radical (unpaired) electrons. The largest absolute Gasteiger partial charge is 0.236 e. The molecule has 0 spiro atoms. The molecule has 190 valence electrons. The normalized spacial score (nSPS) is 20.0. The van der Waals surface area contributed by atoms with Crippen LogP contribution in [-0.4, -0.2) is 9.97 Å². The molecule has 3 heteroatoms. The van der Waals surface area contributed by atoms with Gasteiger partial charge in [0.05, 0.1) is 11.5 Å². The summed E-state index contributed by atoms with van der Waals surface area (Å²) in [6.07, 6.45) is 24.9. The number of aryl methyl sites for hydroxylation is 1. The fraction of sp³-hybridized carbons (Fsp3) is 0.656. The molecule has 1 aliphatic rings. The zero-order valence-corrected chi connectivity index (χ0v) is 22.4. The van der Waals surface area contributed by atoms with Crippen LogP contribution in [0.5, 0.6) is 0 Å². The molecule has 35 heavy (non-hydrogen) atoms. The van der Waals surface area contributed by atoms with Crippen molar-refractivity contribution in [2.24, 2.45) is 5.41 Å². The van der Waals surface area contributed by atoms with Crippen molar-refractivity contribution >= 4 is 0 Å². The van der Waals surface area contributed by atoms with Crippen molar-refractivity contribution in [2.45, 2.75) is 129 Å². The lowest BCUT2D eigenvalue weighted by Gasteiger charge is -2.35. The average Bonchev–Trinajstić information content (AvgIpc) is 2.91. The molecule has 0 unspecified atom stereocenters. The van der Waals surface area contributed by atoms with Gasteiger partial charge in [-0.2, -0.15) is 5.26 Å². The van der Waals surface area contributed by atoms with E-state index < -0.39 is 0 Å². The predicted molar refractivity (Wildman–Crippen MR) is 147 cm³/mol. The summed E-state index contributed by atoms with van der Waals surface area (Å²) in [5.74, 6) is 1.39. The van der Waals surface area contributed by atoms with Crippen molar-refractivity contribution in [3.05, 3.63) is 47.8 Å². The van der Waals surface area contributed by atoms with E-state index in [-0.39, 0.29) is 5.41 Å². The summed E-state index contributed by atoms with van der Waals surface area (Å²) in [5, 5.41) is 9.87. The van der Waals surface area contributed by atoms with Crippen molar-refractivity contribution in [1.29, 1.82) is 5.26 Å². The minimum absolute atomic E-state index is 0.0746. The van der Waals surface area contributed by atoms with E-state index >= 15 is 0 Å². The second kappa shape index (κ2) is 15.0.